The molecule has 0 amide bonds. The van der Waals surface area contributed by atoms with E-state index >= 15 is 0 Å². The van der Waals surface area contributed by atoms with Crippen LogP contribution in [0.3, 0.4) is 0 Å². The van der Waals surface area contributed by atoms with Crippen LogP contribution < -0.4 is 10.5 Å². The highest BCUT2D eigenvalue weighted by atomic mass is 19.1. The Bertz CT molecular complexity index is 340. The molecule has 2 N–H and O–H groups in total. The maximum absolute atomic E-state index is 13.2. The molecule has 84 valence electrons. The Labute approximate surface area is 88.0 Å². The van der Waals surface area contributed by atoms with Gasteiger partial charge in [-0.3, -0.25) is 0 Å². The van der Waals surface area contributed by atoms with Gasteiger partial charge in [-0.05, 0) is 25.8 Å². The number of halogens is 2. The summed E-state index contributed by atoms with van der Waals surface area (Å²) in [5.41, 5.74) is 6.10. The highest BCUT2D eigenvalue weighted by molar-refractivity contribution is 5.35. The van der Waals surface area contributed by atoms with E-state index in [-0.39, 0.29) is 11.8 Å². The highest BCUT2D eigenvalue weighted by Crippen LogP contribution is 2.25. The number of hydrogen-bond acceptors (Lipinski definition) is 2. The summed E-state index contributed by atoms with van der Waals surface area (Å²) in [6.07, 6.45) is 1.18. The minimum absolute atomic E-state index is 0.000958. The summed E-state index contributed by atoms with van der Waals surface area (Å²) in [4.78, 5) is 0. The van der Waals surface area contributed by atoms with Crippen molar-refractivity contribution in [3.05, 3.63) is 29.3 Å². The van der Waals surface area contributed by atoms with E-state index in [1.165, 1.54) is 13.2 Å². The number of benzene rings is 1. The molecular formula is C11H15F2NO. The van der Waals surface area contributed by atoms with Crippen LogP contribution in [0.15, 0.2) is 12.1 Å². The fraction of sp³-hybridized carbons (Fsp3) is 0.455. The van der Waals surface area contributed by atoms with Crippen LogP contribution in [0.25, 0.3) is 0 Å². The SMILES string of the molecule is COc1c(F)cc(F)cc1CC[C@@H](C)N. The van der Waals surface area contributed by atoms with E-state index in [2.05, 4.69) is 0 Å². The van der Waals surface area contributed by atoms with Crippen LogP contribution in [-0.2, 0) is 6.42 Å². The van der Waals surface area contributed by atoms with Crippen LogP contribution in [0.1, 0.15) is 18.9 Å². The average molecular weight is 215 g/mol. The summed E-state index contributed by atoms with van der Waals surface area (Å²) in [5.74, 6) is -1.15. The van der Waals surface area contributed by atoms with Crippen molar-refractivity contribution in [2.24, 2.45) is 5.73 Å². The van der Waals surface area contributed by atoms with Crippen molar-refractivity contribution in [1.29, 1.82) is 0 Å². The Morgan fingerprint density at radius 3 is 2.60 bits per heavy atom. The zero-order valence-electron chi connectivity index (χ0n) is 8.89. The van der Waals surface area contributed by atoms with Crippen LogP contribution in [0.2, 0.25) is 0 Å². The normalized spacial score (nSPS) is 12.6. The predicted octanol–water partition coefficient (Wildman–Crippen LogP) is 2.25. The quantitative estimate of drug-likeness (QED) is 0.836. The van der Waals surface area contributed by atoms with Gasteiger partial charge in [0.15, 0.2) is 11.6 Å². The first kappa shape index (κ1) is 11.9. The van der Waals surface area contributed by atoms with Gasteiger partial charge in [0.05, 0.1) is 7.11 Å². The molecule has 0 heterocycles. The van der Waals surface area contributed by atoms with Crippen LogP contribution >= 0.6 is 0 Å². The zero-order valence-corrected chi connectivity index (χ0v) is 8.89. The largest absolute Gasteiger partial charge is 0.493 e. The lowest BCUT2D eigenvalue weighted by Crippen LogP contribution is -2.15. The fourth-order valence-electron chi connectivity index (χ4n) is 1.41. The van der Waals surface area contributed by atoms with Crippen molar-refractivity contribution in [1.82, 2.24) is 0 Å². The summed E-state index contributed by atoms with van der Waals surface area (Å²) in [6.45, 7) is 1.85. The number of methoxy groups -OCH3 is 1. The molecule has 0 bridgehead atoms. The van der Waals surface area contributed by atoms with E-state index in [0.29, 0.717) is 18.4 Å². The van der Waals surface area contributed by atoms with Gasteiger partial charge in [0.1, 0.15) is 5.82 Å². The maximum atomic E-state index is 13.2. The Hall–Kier alpha value is -1.16. The predicted molar refractivity (Wildman–Crippen MR) is 54.9 cm³/mol. The second-order valence-corrected chi connectivity index (χ2v) is 3.60. The molecule has 0 aliphatic rings. The summed E-state index contributed by atoms with van der Waals surface area (Å²) < 4.78 is 31.1. The average Bonchev–Trinajstić information content (AvgIpc) is 2.13. The second kappa shape index (κ2) is 5.07. The topological polar surface area (TPSA) is 35.2 Å². The van der Waals surface area contributed by atoms with E-state index < -0.39 is 11.6 Å². The lowest BCUT2D eigenvalue weighted by molar-refractivity contribution is 0.377. The summed E-state index contributed by atoms with van der Waals surface area (Å²) in [7, 11) is 1.37. The molecule has 0 saturated carbocycles. The molecule has 2 nitrogen and oxygen atoms in total. The molecular weight excluding hydrogens is 200 g/mol. The van der Waals surface area contributed by atoms with Crippen LogP contribution in [-0.4, -0.2) is 13.2 Å². The van der Waals surface area contributed by atoms with E-state index in [9.17, 15) is 8.78 Å². The number of hydrogen-bond donors (Lipinski definition) is 1. The molecule has 0 saturated heterocycles. The summed E-state index contributed by atoms with van der Waals surface area (Å²) in [5, 5.41) is 0. The van der Waals surface area contributed by atoms with E-state index in [1.54, 1.807) is 0 Å². The molecule has 0 fully saturated rings. The van der Waals surface area contributed by atoms with Crippen molar-refractivity contribution >= 4 is 0 Å². The molecule has 1 aromatic carbocycles. The molecule has 4 heteroatoms. The standard InChI is InChI=1S/C11H15F2NO/c1-7(14)3-4-8-5-9(12)6-10(13)11(8)15-2/h5-7H,3-4,14H2,1-2H3/t7-/m1/s1. The number of ether oxygens (including phenoxy) is 1. The molecule has 0 unspecified atom stereocenters. The van der Waals surface area contributed by atoms with E-state index in [4.69, 9.17) is 10.5 Å². The van der Waals surface area contributed by atoms with Crippen LogP contribution in [0.4, 0.5) is 8.78 Å². The lowest BCUT2D eigenvalue weighted by Gasteiger charge is -2.10. The van der Waals surface area contributed by atoms with Crippen molar-refractivity contribution in [3.63, 3.8) is 0 Å². The molecule has 1 atom stereocenters. The van der Waals surface area contributed by atoms with Crippen molar-refractivity contribution in [2.45, 2.75) is 25.8 Å². The number of nitrogens with two attached hydrogens (primary N) is 1. The maximum Gasteiger partial charge on any atom is 0.168 e. The monoisotopic (exact) mass is 215 g/mol. The zero-order chi connectivity index (χ0) is 11.4. The molecule has 0 aliphatic carbocycles. The number of rotatable bonds is 4. The Morgan fingerprint density at radius 1 is 1.40 bits per heavy atom. The van der Waals surface area contributed by atoms with Gasteiger partial charge in [0.2, 0.25) is 0 Å². The minimum atomic E-state index is -0.669. The van der Waals surface area contributed by atoms with Gasteiger partial charge in [-0.2, -0.15) is 0 Å². The van der Waals surface area contributed by atoms with Crippen molar-refractivity contribution < 1.29 is 13.5 Å². The molecule has 0 aromatic heterocycles. The molecule has 15 heavy (non-hydrogen) atoms. The highest BCUT2D eigenvalue weighted by Gasteiger charge is 2.12. The van der Waals surface area contributed by atoms with Crippen molar-refractivity contribution in [3.8, 4) is 5.75 Å². The van der Waals surface area contributed by atoms with Gasteiger partial charge in [0.25, 0.3) is 0 Å². The smallest absolute Gasteiger partial charge is 0.168 e. The summed E-state index contributed by atoms with van der Waals surface area (Å²) >= 11 is 0. The van der Waals surface area contributed by atoms with Crippen molar-refractivity contribution in [2.75, 3.05) is 7.11 Å². The number of aryl methyl sites for hydroxylation is 1. The third-order valence-corrected chi connectivity index (χ3v) is 2.16. The van der Waals surface area contributed by atoms with Gasteiger partial charge in [-0.1, -0.05) is 0 Å². The molecule has 1 aromatic rings. The fourth-order valence-corrected chi connectivity index (χ4v) is 1.41. The third-order valence-electron chi connectivity index (χ3n) is 2.16. The van der Waals surface area contributed by atoms with Gasteiger partial charge < -0.3 is 10.5 Å². The summed E-state index contributed by atoms with van der Waals surface area (Å²) in [6, 6.07) is 2.10. The first-order chi connectivity index (χ1) is 7.04. The van der Waals surface area contributed by atoms with E-state index in [1.807, 2.05) is 6.92 Å². The minimum Gasteiger partial charge on any atom is -0.493 e. The molecule has 0 radical (unpaired) electrons. The second-order valence-electron chi connectivity index (χ2n) is 3.60. The molecule has 0 aliphatic heterocycles. The first-order valence-corrected chi connectivity index (χ1v) is 4.82. The van der Waals surface area contributed by atoms with Crippen LogP contribution in [0, 0.1) is 11.6 Å². The van der Waals surface area contributed by atoms with Gasteiger partial charge in [-0.15, -0.1) is 0 Å². The van der Waals surface area contributed by atoms with Gasteiger partial charge in [-0.25, -0.2) is 8.78 Å². The molecule has 1 rings (SSSR count). The van der Waals surface area contributed by atoms with E-state index in [0.717, 1.165) is 6.07 Å². The Morgan fingerprint density at radius 2 is 2.07 bits per heavy atom. The Kier molecular flexibility index (Phi) is 4.03. The first-order valence-electron chi connectivity index (χ1n) is 4.82. The lowest BCUT2D eigenvalue weighted by atomic mass is 10.1. The van der Waals surface area contributed by atoms with Gasteiger partial charge >= 0.3 is 0 Å². The third kappa shape index (κ3) is 3.16. The van der Waals surface area contributed by atoms with Crippen LogP contribution in [0.5, 0.6) is 5.75 Å². The molecule has 0 spiro atoms. The Balaban J connectivity index is 2.93. The van der Waals surface area contributed by atoms with Gasteiger partial charge in [0, 0.05) is 17.7 Å².